The summed E-state index contributed by atoms with van der Waals surface area (Å²) in [5.41, 5.74) is 0.648. The van der Waals surface area contributed by atoms with Gasteiger partial charge in [0.05, 0.1) is 18.7 Å². The second kappa shape index (κ2) is 6.40. The second-order valence-corrected chi connectivity index (χ2v) is 4.34. The van der Waals surface area contributed by atoms with Crippen molar-refractivity contribution in [2.24, 2.45) is 5.92 Å². The summed E-state index contributed by atoms with van der Waals surface area (Å²) in [7, 11) is 1.59. The fourth-order valence-electron chi connectivity index (χ4n) is 1.87. The van der Waals surface area contributed by atoms with Crippen molar-refractivity contribution >= 4 is 5.78 Å². The normalized spacial score (nSPS) is 12.5. The number of likely N-dealkylation sites (N-methyl/N-ethyl adjacent to an activating group) is 1. The standard InChI is InChI=1S/C14H21NO2/c1-5-15-13(10(2)3)14(16)11-8-6-7-9-12(11)17-4/h6-10,13,15H,5H2,1-4H3. The lowest BCUT2D eigenvalue weighted by atomic mass is 9.94. The van der Waals surface area contributed by atoms with Crippen molar-refractivity contribution in [1.29, 1.82) is 0 Å². The summed E-state index contributed by atoms with van der Waals surface area (Å²) >= 11 is 0. The predicted octanol–water partition coefficient (Wildman–Crippen LogP) is 2.51. The van der Waals surface area contributed by atoms with Gasteiger partial charge in [0.1, 0.15) is 5.75 Å². The Morgan fingerprint density at radius 2 is 2.00 bits per heavy atom. The van der Waals surface area contributed by atoms with E-state index in [1.807, 2.05) is 45.0 Å². The minimum atomic E-state index is -0.156. The van der Waals surface area contributed by atoms with Gasteiger partial charge in [-0.05, 0) is 24.6 Å². The molecule has 0 radical (unpaired) electrons. The molecule has 0 aliphatic carbocycles. The molecule has 0 saturated carbocycles. The Labute approximate surface area is 103 Å². The molecule has 0 aliphatic heterocycles. The number of carbonyl (C=O) groups is 1. The van der Waals surface area contributed by atoms with Crippen LogP contribution in [0, 0.1) is 5.92 Å². The molecule has 1 aromatic rings. The zero-order valence-corrected chi connectivity index (χ0v) is 11.0. The first kappa shape index (κ1) is 13.7. The lowest BCUT2D eigenvalue weighted by molar-refractivity contribution is 0.0915. The highest BCUT2D eigenvalue weighted by Gasteiger charge is 2.24. The van der Waals surface area contributed by atoms with Gasteiger partial charge >= 0.3 is 0 Å². The largest absolute Gasteiger partial charge is 0.496 e. The molecule has 1 rings (SSSR count). The summed E-state index contributed by atoms with van der Waals surface area (Å²) in [5, 5.41) is 3.23. The summed E-state index contributed by atoms with van der Waals surface area (Å²) in [6, 6.07) is 7.20. The number of hydrogen-bond donors (Lipinski definition) is 1. The molecule has 0 saturated heterocycles. The summed E-state index contributed by atoms with van der Waals surface area (Å²) < 4.78 is 5.23. The highest BCUT2D eigenvalue weighted by atomic mass is 16.5. The van der Waals surface area contributed by atoms with Crippen molar-refractivity contribution in [2.75, 3.05) is 13.7 Å². The number of methoxy groups -OCH3 is 1. The molecular weight excluding hydrogens is 214 g/mol. The molecule has 1 N–H and O–H groups in total. The van der Waals surface area contributed by atoms with Crippen molar-refractivity contribution in [2.45, 2.75) is 26.8 Å². The second-order valence-electron chi connectivity index (χ2n) is 4.34. The first-order valence-corrected chi connectivity index (χ1v) is 6.02. The molecule has 0 heterocycles. The molecule has 0 spiro atoms. The highest BCUT2D eigenvalue weighted by Crippen LogP contribution is 2.21. The van der Waals surface area contributed by atoms with Crippen molar-refractivity contribution < 1.29 is 9.53 Å². The van der Waals surface area contributed by atoms with Gasteiger partial charge in [0.15, 0.2) is 5.78 Å². The molecule has 17 heavy (non-hydrogen) atoms. The van der Waals surface area contributed by atoms with Crippen LogP contribution < -0.4 is 10.1 Å². The fourth-order valence-corrected chi connectivity index (χ4v) is 1.87. The maximum atomic E-state index is 12.4. The number of Topliss-reactive ketones (excluding diaryl/α,β-unsaturated/α-hetero) is 1. The maximum Gasteiger partial charge on any atom is 0.183 e. The Kier molecular flexibility index (Phi) is 5.16. The van der Waals surface area contributed by atoms with Gasteiger partial charge in [0.25, 0.3) is 0 Å². The van der Waals surface area contributed by atoms with E-state index in [2.05, 4.69) is 5.32 Å². The smallest absolute Gasteiger partial charge is 0.183 e. The quantitative estimate of drug-likeness (QED) is 0.770. The number of rotatable bonds is 6. The molecule has 0 bridgehead atoms. The minimum absolute atomic E-state index is 0.0966. The number of ether oxygens (including phenoxy) is 1. The highest BCUT2D eigenvalue weighted by molar-refractivity contribution is 6.02. The first-order valence-electron chi connectivity index (χ1n) is 6.02. The van der Waals surface area contributed by atoms with Gasteiger partial charge in [-0.25, -0.2) is 0 Å². The maximum absolute atomic E-state index is 12.4. The third-order valence-corrected chi connectivity index (χ3v) is 2.75. The van der Waals surface area contributed by atoms with Crippen LogP contribution in [0.3, 0.4) is 0 Å². The van der Waals surface area contributed by atoms with Crippen molar-refractivity contribution in [1.82, 2.24) is 5.32 Å². The van der Waals surface area contributed by atoms with Crippen LogP contribution in [0.2, 0.25) is 0 Å². The zero-order valence-electron chi connectivity index (χ0n) is 11.0. The average Bonchev–Trinajstić information content (AvgIpc) is 2.34. The van der Waals surface area contributed by atoms with E-state index in [1.165, 1.54) is 0 Å². The van der Waals surface area contributed by atoms with Crippen molar-refractivity contribution in [3.8, 4) is 5.75 Å². The lowest BCUT2D eigenvalue weighted by Gasteiger charge is -2.21. The van der Waals surface area contributed by atoms with Crippen LogP contribution in [-0.4, -0.2) is 25.5 Å². The molecule has 3 nitrogen and oxygen atoms in total. The Hall–Kier alpha value is -1.35. The van der Waals surface area contributed by atoms with Crippen LogP contribution in [-0.2, 0) is 0 Å². The van der Waals surface area contributed by atoms with Crippen LogP contribution in [0.4, 0.5) is 0 Å². The van der Waals surface area contributed by atoms with Crippen LogP contribution in [0.5, 0.6) is 5.75 Å². The van der Waals surface area contributed by atoms with E-state index in [4.69, 9.17) is 4.74 Å². The number of nitrogens with one attached hydrogen (secondary N) is 1. The van der Waals surface area contributed by atoms with Crippen LogP contribution >= 0.6 is 0 Å². The predicted molar refractivity (Wildman–Crippen MR) is 69.6 cm³/mol. The topological polar surface area (TPSA) is 38.3 Å². The van der Waals surface area contributed by atoms with E-state index >= 15 is 0 Å². The number of benzene rings is 1. The van der Waals surface area contributed by atoms with Crippen molar-refractivity contribution in [3.63, 3.8) is 0 Å². The average molecular weight is 235 g/mol. The van der Waals surface area contributed by atoms with E-state index in [9.17, 15) is 4.79 Å². The van der Waals surface area contributed by atoms with Gasteiger partial charge in [-0.3, -0.25) is 4.79 Å². The Bertz CT molecular complexity index is 374. The molecule has 0 fully saturated rings. The lowest BCUT2D eigenvalue weighted by Crippen LogP contribution is -2.41. The molecule has 0 aromatic heterocycles. The van der Waals surface area contributed by atoms with E-state index in [-0.39, 0.29) is 17.7 Å². The summed E-state index contributed by atoms with van der Waals surface area (Å²) in [4.78, 5) is 12.4. The van der Waals surface area contributed by atoms with Gasteiger partial charge in [-0.1, -0.05) is 32.9 Å². The van der Waals surface area contributed by atoms with Gasteiger partial charge in [-0.2, -0.15) is 0 Å². The number of carbonyl (C=O) groups excluding carboxylic acids is 1. The monoisotopic (exact) mass is 235 g/mol. The molecular formula is C14H21NO2. The fraction of sp³-hybridized carbons (Fsp3) is 0.500. The molecule has 3 heteroatoms. The minimum Gasteiger partial charge on any atom is -0.496 e. The molecule has 0 aliphatic rings. The molecule has 1 unspecified atom stereocenters. The van der Waals surface area contributed by atoms with E-state index in [1.54, 1.807) is 7.11 Å². The van der Waals surface area contributed by atoms with Crippen LogP contribution in [0.15, 0.2) is 24.3 Å². The van der Waals surface area contributed by atoms with E-state index in [0.29, 0.717) is 11.3 Å². The zero-order chi connectivity index (χ0) is 12.8. The van der Waals surface area contributed by atoms with E-state index < -0.39 is 0 Å². The summed E-state index contributed by atoms with van der Waals surface area (Å²) in [6.45, 7) is 6.87. The van der Waals surface area contributed by atoms with Gasteiger partial charge < -0.3 is 10.1 Å². The number of hydrogen-bond acceptors (Lipinski definition) is 3. The Balaban J connectivity index is 3.00. The van der Waals surface area contributed by atoms with E-state index in [0.717, 1.165) is 6.54 Å². The number of ketones is 1. The number of para-hydroxylation sites is 1. The summed E-state index contributed by atoms with van der Waals surface area (Å²) in [5.74, 6) is 0.993. The van der Waals surface area contributed by atoms with Gasteiger partial charge in [0, 0.05) is 0 Å². The summed E-state index contributed by atoms with van der Waals surface area (Å²) in [6.07, 6.45) is 0. The third kappa shape index (κ3) is 3.30. The molecule has 1 aromatic carbocycles. The first-order chi connectivity index (χ1) is 8.11. The van der Waals surface area contributed by atoms with Gasteiger partial charge in [-0.15, -0.1) is 0 Å². The molecule has 0 amide bonds. The van der Waals surface area contributed by atoms with Gasteiger partial charge in [0.2, 0.25) is 0 Å². The van der Waals surface area contributed by atoms with Crippen LogP contribution in [0.1, 0.15) is 31.1 Å². The van der Waals surface area contributed by atoms with Crippen LogP contribution in [0.25, 0.3) is 0 Å². The third-order valence-electron chi connectivity index (χ3n) is 2.75. The SMILES string of the molecule is CCNC(C(=O)c1ccccc1OC)C(C)C. The molecule has 1 atom stereocenters. The van der Waals surface area contributed by atoms with Crippen molar-refractivity contribution in [3.05, 3.63) is 29.8 Å². The Morgan fingerprint density at radius 1 is 1.35 bits per heavy atom. The molecule has 94 valence electrons. The Morgan fingerprint density at radius 3 is 2.53 bits per heavy atom.